The second-order valence-corrected chi connectivity index (χ2v) is 4.59. The molecule has 1 unspecified atom stereocenters. The number of anilines is 1. The van der Waals surface area contributed by atoms with Gasteiger partial charge in [-0.05, 0) is 37.1 Å². The van der Waals surface area contributed by atoms with Crippen molar-refractivity contribution < 1.29 is 18.7 Å². The number of alkyl halides is 1. The van der Waals surface area contributed by atoms with Crippen LogP contribution in [-0.4, -0.2) is 29.8 Å². The molecule has 1 aliphatic heterocycles. The van der Waals surface area contributed by atoms with E-state index >= 15 is 0 Å². The van der Waals surface area contributed by atoms with Crippen molar-refractivity contribution in [2.75, 3.05) is 18.0 Å². The zero-order valence-electron chi connectivity index (χ0n) is 9.90. The zero-order chi connectivity index (χ0) is 13.2. The van der Waals surface area contributed by atoms with Crippen molar-refractivity contribution in [1.29, 1.82) is 0 Å². The molecule has 0 bridgehead atoms. The van der Waals surface area contributed by atoms with E-state index < -0.39 is 11.6 Å². The first-order chi connectivity index (χ1) is 8.51. The predicted molar refractivity (Wildman–Crippen MR) is 63.9 cm³/mol. The average Bonchev–Trinajstić information content (AvgIpc) is 2.54. The highest BCUT2D eigenvalue weighted by Gasteiger charge is 2.39. The number of aliphatic carboxylic acids is 1. The summed E-state index contributed by atoms with van der Waals surface area (Å²) in [5.74, 6) is -1.71. The van der Waals surface area contributed by atoms with Crippen molar-refractivity contribution in [3.05, 3.63) is 30.1 Å². The first-order valence-electron chi connectivity index (χ1n) is 5.94. The summed E-state index contributed by atoms with van der Waals surface area (Å²) < 4.78 is 26.8. The number of rotatable bonds is 2. The fraction of sp³-hybridized carbons (Fsp3) is 0.462. The predicted octanol–water partition coefficient (Wildman–Crippen LogP) is 2.61. The van der Waals surface area contributed by atoms with Gasteiger partial charge < -0.3 is 10.0 Å². The molecule has 2 rings (SSSR count). The Morgan fingerprint density at radius 1 is 1.22 bits per heavy atom. The summed E-state index contributed by atoms with van der Waals surface area (Å²) in [4.78, 5) is 12.8. The van der Waals surface area contributed by atoms with E-state index in [-0.39, 0.29) is 18.7 Å². The molecule has 0 amide bonds. The van der Waals surface area contributed by atoms with Crippen LogP contribution in [0.25, 0.3) is 0 Å². The lowest BCUT2D eigenvalue weighted by Crippen LogP contribution is -2.35. The summed E-state index contributed by atoms with van der Waals surface area (Å²) in [5.41, 5.74) is -1.33. The number of carboxylic acid groups (broad SMARTS) is 1. The maximum Gasteiger partial charge on any atom is 0.341 e. The third-order valence-electron chi connectivity index (χ3n) is 3.35. The van der Waals surface area contributed by atoms with Crippen LogP contribution in [0.5, 0.6) is 0 Å². The van der Waals surface area contributed by atoms with Gasteiger partial charge in [0, 0.05) is 25.2 Å². The normalized spacial score (nSPS) is 24.7. The van der Waals surface area contributed by atoms with Crippen LogP contribution in [-0.2, 0) is 4.79 Å². The van der Waals surface area contributed by atoms with Gasteiger partial charge in [0.1, 0.15) is 5.82 Å². The molecule has 1 aromatic carbocycles. The molecule has 0 saturated carbocycles. The van der Waals surface area contributed by atoms with Crippen LogP contribution in [0.15, 0.2) is 24.3 Å². The van der Waals surface area contributed by atoms with E-state index in [9.17, 15) is 13.6 Å². The van der Waals surface area contributed by atoms with Gasteiger partial charge in [0.15, 0.2) is 0 Å². The Hall–Kier alpha value is -1.65. The van der Waals surface area contributed by atoms with E-state index in [0.717, 1.165) is 5.69 Å². The molecule has 1 N–H and O–H groups in total. The summed E-state index contributed by atoms with van der Waals surface area (Å²) in [6.07, 6.45) is 0.458. The number of halogens is 2. The van der Waals surface area contributed by atoms with Crippen LogP contribution >= 0.6 is 0 Å². The number of hydrogen-bond acceptors (Lipinski definition) is 2. The van der Waals surface area contributed by atoms with E-state index in [1.165, 1.54) is 12.1 Å². The Kier molecular flexibility index (Phi) is 3.50. The molecule has 0 radical (unpaired) electrons. The van der Waals surface area contributed by atoms with Gasteiger partial charge in [-0.2, -0.15) is 0 Å². The average molecular weight is 255 g/mol. The van der Waals surface area contributed by atoms with Crippen molar-refractivity contribution in [2.24, 2.45) is 0 Å². The molecule has 98 valence electrons. The molecule has 5 heteroatoms. The van der Waals surface area contributed by atoms with Gasteiger partial charge in [0.25, 0.3) is 0 Å². The summed E-state index contributed by atoms with van der Waals surface area (Å²) in [5, 5.41) is 8.87. The maximum absolute atomic E-state index is 14.0. The highest BCUT2D eigenvalue weighted by atomic mass is 19.1. The van der Waals surface area contributed by atoms with E-state index in [0.29, 0.717) is 19.5 Å². The third kappa shape index (κ3) is 2.60. The van der Waals surface area contributed by atoms with Crippen LogP contribution in [0.2, 0.25) is 0 Å². The summed E-state index contributed by atoms with van der Waals surface area (Å²) in [6.45, 7) is 0.916. The fourth-order valence-electron chi connectivity index (χ4n) is 2.22. The Morgan fingerprint density at radius 3 is 2.50 bits per heavy atom. The lowest BCUT2D eigenvalue weighted by atomic mass is 9.97. The summed E-state index contributed by atoms with van der Waals surface area (Å²) in [6, 6.07) is 5.95. The number of hydrogen-bond donors (Lipinski definition) is 1. The molecule has 1 atom stereocenters. The molecule has 0 aliphatic carbocycles. The number of benzene rings is 1. The van der Waals surface area contributed by atoms with Gasteiger partial charge in [-0.1, -0.05) is 0 Å². The molecular weight excluding hydrogens is 240 g/mol. The summed E-state index contributed by atoms with van der Waals surface area (Å²) >= 11 is 0. The first kappa shape index (κ1) is 12.8. The van der Waals surface area contributed by atoms with E-state index in [4.69, 9.17) is 5.11 Å². The molecule has 1 aromatic rings. The van der Waals surface area contributed by atoms with Crippen molar-refractivity contribution in [2.45, 2.75) is 24.9 Å². The Balaban J connectivity index is 2.09. The molecule has 3 nitrogen and oxygen atoms in total. The van der Waals surface area contributed by atoms with Crippen molar-refractivity contribution >= 4 is 11.7 Å². The molecule has 1 heterocycles. The largest absolute Gasteiger partial charge is 0.479 e. The Bertz CT molecular complexity index is 435. The van der Waals surface area contributed by atoms with Gasteiger partial charge in [-0.25, -0.2) is 13.6 Å². The number of carbonyl (C=O) groups is 1. The SMILES string of the molecule is O=C(O)C1(F)CCCN(c2ccc(F)cc2)CC1. The molecule has 1 aliphatic rings. The van der Waals surface area contributed by atoms with E-state index in [2.05, 4.69) is 0 Å². The molecule has 0 aromatic heterocycles. The van der Waals surface area contributed by atoms with Crippen LogP contribution in [0.1, 0.15) is 19.3 Å². The summed E-state index contributed by atoms with van der Waals surface area (Å²) in [7, 11) is 0. The maximum atomic E-state index is 14.0. The minimum Gasteiger partial charge on any atom is -0.479 e. The van der Waals surface area contributed by atoms with Gasteiger partial charge in [0.05, 0.1) is 0 Å². The lowest BCUT2D eigenvalue weighted by molar-refractivity contribution is -0.151. The molecular formula is C13H15F2NO2. The van der Waals surface area contributed by atoms with Gasteiger partial charge in [-0.15, -0.1) is 0 Å². The monoisotopic (exact) mass is 255 g/mol. The van der Waals surface area contributed by atoms with Crippen LogP contribution < -0.4 is 4.90 Å². The highest BCUT2D eigenvalue weighted by molar-refractivity contribution is 5.77. The minimum absolute atomic E-state index is 0.0278. The highest BCUT2D eigenvalue weighted by Crippen LogP contribution is 2.29. The third-order valence-corrected chi connectivity index (χ3v) is 3.35. The fourth-order valence-corrected chi connectivity index (χ4v) is 2.22. The van der Waals surface area contributed by atoms with Gasteiger partial charge in [0.2, 0.25) is 5.67 Å². The minimum atomic E-state index is -2.13. The van der Waals surface area contributed by atoms with Crippen molar-refractivity contribution in [3.63, 3.8) is 0 Å². The lowest BCUT2D eigenvalue weighted by Gasteiger charge is -2.23. The second-order valence-electron chi connectivity index (χ2n) is 4.59. The molecule has 18 heavy (non-hydrogen) atoms. The quantitative estimate of drug-likeness (QED) is 0.883. The van der Waals surface area contributed by atoms with Gasteiger partial charge >= 0.3 is 5.97 Å². The Labute approximate surface area is 104 Å². The van der Waals surface area contributed by atoms with Crippen LogP contribution in [0.4, 0.5) is 14.5 Å². The van der Waals surface area contributed by atoms with Crippen molar-refractivity contribution in [3.8, 4) is 0 Å². The zero-order valence-corrected chi connectivity index (χ0v) is 9.90. The smallest absolute Gasteiger partial charge is 0.341 e. The topological polar surface area (TPSA) is 40.5 Å². The van der Waals surface area contributed by atoms with Gasteiger partial charge in [-0.3, -0.25) is 0 Å². The second kappa shape index (κ2) is 4.92. The standard InChI is InChI=1S/C13H15F2NO2/c14-10-2-4-11(5-3-10)16-8-1-6-13(15,7-9-16)12(17)18/h2-5H,1,6-9H2,(H,17,18). The molecule has 0 spiro atoms. The first-order valence-corrected chi connectivity index (χ1v) is 5.94. The molecule has 1 fully saturated rings. The Morgan fingerprint density at radius 2 is 1.89 bits per heavy atom. The number of nitrogens with zero attached hydrogens (tertiary/aromatic N) is 1. The van der Waals surface area contributed by atoms with Crippen LogP contribution in [0, 0.1) is 5.82 Å². The van der Waals surface area contributed by atoms with Crippen molar-refractivity contribution in [1.82, 2.24) is 0 Å². The molecule has 1 saturated heterocycles. The van der Waals surface area contributed by atoms with E-state index in [1.54, 1.807) is 12.1 Å². The van der Waals surface area contributed by atoms with Crippen LogP contribution in [0.3, 0.4) is 0 Å². The number of carboxylic acids is 1. The van der Waals surface area contributed by atoms with E-state index in [1.807, 2.05) is 4.90 Å².